The highest BCUT2D eigenvalue weighted by molar-refractivity contribution is 5.12. The zero-order chi connectivity index (χ0) is 14.4. The van der Waals surface area contributed by atoms with Crippen molar-refractivity contribution in [2.75, 3.05) is 0 Å². The van der Waals surface area contributed by atoms with Gasteiger partial charge in [-0.3, -0.25) is 0 Å². The van der Waals surface area contributed by atoms with E-state index in [1.54, 1.807) is 0 Å². The van der Waals surface area contributed by atoms with Crippen molar-refractivity contribution in [3.05, 3.63) is 40.0 Å². The first kappa shape index (κ1) is 14.9. The van der Waals surface area contributed by atoms with E-state index in [-0.39, 0.29) is 6.08 Å². The number of hydrogen-bond donors (Lipinski definition) is 6. The Kier molecular flexibility index (Phi) is 3.22. The van der Waals surface area contributed by atoms with E-state index in [0.29, 0.717) is 6.20 Å². The van der Waals surface area contributed by atoms with Gasteiger partial charge in [-0.15, -0.1) is 0 Å². The SMILES string of the molecule is [O-][N+](O)(O)N1C=CC=CC1([N+]([O-])(O)O)[N+]([O-])(O)O. The topological polar surface area (TPSA) is 194 Å². The molecule has 0 fully saturated rings. The summed E-state index contributed by atoms with van der Waals surface area (Å²) in [6, 6.07) is 0. The smallest absolute Gasteiger partial charge is 0.496 e. The van der Waals surface area contributed by atoms with Crippen molar-refractivity contribution in [1.29, 1.82) is 0 Å². The lowest BCUT2D eigenvalue weighted by Crippen LogP contribution is -2.81. The van der Waals surface area contributed by atoms with Gasteiger partial charge >= 0.3 is 5.79 Å². The van der Waals surface area contributed by atoms with Crippen molar-refractivity contribution in [1.82, 2.24) is 5.01 Å². The average Bonchev–Trinajstić information content (AvgIpc) is 2.12. The number of hydrogen-bond acceptors (Lipinski definition) is 10. The van der Waals surface area contributed by atoms with Gasteiger partial charge in [0.05, 0.1) is 12.3 Å². The largest absolute Gasteiger partial charge is 0.557 e. The van der Waals surface area contributed by atoms with Crippen LogP contribution in [0.1, 0.15) is 0 Å². The van der Waals surface area contributed by atoms with Crippen molar-refractivity contribution >= 4 is 0 Å². The third-order valence-electron chi connectivity index (χ3n) is 2.13. The number of allylic oxidation sites excluding steroid dienone is 2. The fourth-order valence-electron chi connectivity index (χ4n) is 1.41. The first-order valence-corrected chi connectivity index (χ1v) is 4.17. The van der Waals surface area contributed by atoms with E-state index in [0.717, 1.165) is 12.2 Å². The summed E-state index contributed by atoms with van der Waals surface area (Å²) in [6.45, 7) is 0. The van der Waals surface area contributed by atoms with E-state index in [1.807, 2.05) is 0 Å². The summed E-state index contributed by atoms with van der Waals surface area (Å²) >= 11 is 0. The molecule has 6 N–H and O–H groups in total. The lowest BCUT2D eigenvalue weighted by molar-refractivity contribution is -1.44. The highest BCUT2D eigenvalue weighted by Crippen LogP contribution is 2.37. The molecule has 0 atom stereocenters. The van der Waals surface area contributed by atoms with E-state index in [1.165, 1.54) is 0 Å². The predicted molar refractivity (Wildman–Crippen MR) is 44.5 cm³/mol. The van der Waals surface area contributed by atoms with Crippen LogP contribution >= 0.6 is 0 Å². The van der Waals surface area contributed by atoms with Gasteiger partial charge < -0.3 is 15.6 Å². The molecule has 104 valence electrons. The van der Waals surface area contributed by atoms with Crippen LogP contribution in [0.25, 0.3) is 0 Å². The van der Waals surface area contributed by atoms with Gasteiger partial charge in [0, 0.05) is 15.0 Å². The Morgan fingerprint density at radius 1 is 0.833 bits per heavy atom. The van der Waals surface area contributed by atoms with E-state index in [9.17, 15) is 15.6 Å². The summed E-state index contributed by atoms with van der Waals surface area (Å²) in [5, 5.41) is 81.9. The number of quaternary nitrogens is 3. The predicted octanol–water partition coefficient (Wildman–Crippen LogP) is -0.780. The minimum atomic E-state index is -3.83. The first-order chi connectivity index (χ1) is 7.84. The van der Waals surface area contributed by atoms with E-state index >= 15 is 0 Å². The molecule has 0 saturated heterocycles. The molecule has 1 aliphatic heterocycles. The molecule has 0 aromatic heterocycles. The van der Waals surface area contributed by atoms with Crippen molar-refractivity contribution in [2.24, 2.45) is 0 Å². The zero-order valence-electron chi connectivity index (χ0n) is 8.51. The molecule has 13 nitrogen and oxygen atoms in total. The lowest BCUT2D eigenvalue weighted by atomic mass is 10.2. The zero-order valence-corrected chi connectivity index (χ0v) is 8.51. The highest BCUT2D eigenvalue weighted by atomic mass is 17.2. The maximum atomic E-state index is 11.1. The molecule has 0 aromatic rings. The van der Waals surface area contributed by atoms with Crippen molar-refractivity contribution in [3.8, 4) is 0 Å². The van der Waals surface area contributed by atoms with Crippen LogP contribution in [0.15, 0.2) is 24.4 Å². The fourth-order valence-corrected chi connectivity index (χ4v) is 1.41. The molecule has 18 heavy (non-hydrogen) atoms. The number of rotatable bonds is 3. The summed E-state index contributed by atoms with van der Waals surface area (Å²) in [5.74, 6) is -3.83. The van der Waals surface area contributed by atoms with Crippen molar-refractivity contribution in [3.63, 3.8) is 0 Å². The second-order valence-corrected chi connectivity index (χ2v) is 3.33. The monoisotopic (exact) mass is 270 g/mol. The number of nitrogens with zero attached hydrogens (tertiary/aromatic N) is 4. The Balaban J connectivity index is 3.51. The standard InChI is InChI=1S/C5H10N4O9/c10-7(11,12)5(8(13,14)15)3-1-2-4-6(5)9(16,17)18/h1-4,10-11,13-14,16-17H. The molecule has 0 unspecified atom stereocenters. The third kappa shape index (κ3) is 2.08. The van der Waals surface area contributed by atoms with Gasteiger partial charge in [0.1, 0.15) is 0 Å². The molecule has 0 aliphatic carbocycles. The molecule has 0 saturated carbocycles. The maximum Gasteiger partial charge on any atom is 0.496 e. The fraction of sp³-hybridized carbons (Fsp3) is 0.200. The minimum Gasteiger partial charge on any atom is -0.557 e. The Bertz CT molecular complexity index is 360. The number of hydroxylamine groups is 6. The average molecular weight is 270 g/mol. The van der Waals surface area contributed by atoms with Gasteiger partial charge in [0.15, 0.2) is 0 Å². The third-order valence-corrected chi connectivity index (χ3v) is 2.13. The molecule has 0 aromatic carbocycles. The van der Waals surface area contributed by atoms with Crippen LogP contribution in [0.2, 0.25) is 0 Å². The van der Waals surface area contributed by atoms with Crippen molar-refractivity contribution < 1.29 is 46.3 Å². The summed E-state index contributed by atoms with van der Waals surface area (Å²) in [5.41, 5.74) is 0. The van der Waals surface area contributed by atoms with E-state index in [2.05, 4.69) is 0 Å². The van der Waals surface area contributed by atoms with Gasteiger partial charge in [-0.25, -0.2) is 0 Å². The van der Waals surface area contributed by atoms with Gasteiger partial charge in [-0.05, 0) is 17.2 Å². The van der Waals surface area contributed by atoms with Crippen LogP contribution in [0.5, 0.6) is 0 Å². The molecule has 0 radical (unpaired) electrons. The van der Waals surface area contributed by atoms with Crippen LogP contribution in [-0.2, 0) is 0 Å². The minimum absolute atomic E-state index is 0.185. The molecule has 0 amide bonds. The van der Waals surface area contributed by atoms with Crippen LogP contribution < -0.4 is 0 Å². The molecule has 1 rings (SSSR count). The lowest BCUT2D eigenvalue weighted by Gasteiger charge is -2.51. The summed E-state index contributed by atoms with van der Waals surface area (Å²) in [6.07, 6.45) is 2.17. The van der Waals surface area contributed by atoms with Crippen LogP contribution in [0.4, 0.5) is 0 Å². The van der Waals surface area contributed by atoms with Crippen LogP contribution in [-0.4, -0.2) is 57.1 Å². The molecule has 1 aliphatic rings. The van der Waals surface area contributed by atoms with Gasteiger partial charge in [0.2, 0.25) is 0 Å². The molecule has 0 bridgehead atoms. The summed E-state index contributed by atoms with van der Waals surface area (Å²) < 4.78 is 0. The summed E-state index contributed by atoms with van der Waals surface area (Å²) in [7, 11) is 0. The quantitative estimate of drug-likeness (QED) is 0.215. The molecule has 0 spiro atoms. The second-order valence-electron chi connectivity index (χ2n) is 3.33. The Morgan fingerprint density at radius 2 is 1.28 bits per heavy atom. The Hall–Kier alpha value is -1.20. The highest BCUT2D eigenvalue weighted by Gasteiger charge is 2.71. The second kappa shape index (κ2) is 3.90. The first-order valence-electron chi connectivity index (χ1n) is 4.17. The Labute approximate surface area is 98.2 Å². The molecule has 1 heterocycles. The van der Waals surface area contributed by atoms with Crippen molar-refractivity contribution in [2.45, 2.75) is 5.79 Å². The van der Waals surface area contributed by atoms with Gasteiger partial charge in [-0.2, -0.15) is 31.2 Å². The molecular weight excluding hydrogens is 260 g/mol. The maximum absolute atomic E-state index is 11.1. The normalized spacial score (nSPS) is 20.4. The summed E-state index contributed by atoms with van der Waals surface area (Å²) in [4.78, 5) is -7.48. The van der Waals surface area contributed by atoms with Crippen LogP contribution in [0, 0.1) is 15.6 Å². The van der Waals surface area contributed by atoms with Gasteiger partial charge in [-0.1, -0.05) is 0 Å². The van der Waals surface area contributed by atoms with E-state index < -0.39 is 25.8 Å². The van der Waals surface area contributed by atoms with Crippen LogP contribution in [0.3, 0.4) is 0 Å². The Morgan fingerprint density at radius 3 is 1.56 bits per heavy atom. The van der Waals surface area contributed by atoms with E-state index in [4.69, 9.17) is 31.2 Å². The molecular formula is C5H10N4O9. The van der Waals surface area contributed by atoms with Gasteiger partial charge in [0.25, 0.3) is 0 Å². The molecule has 13 heteroatoms.